The summed E-state index contributed by atoms with van der Waals surface area (Å²) < 4.78 is 2.51. The fourth-order valence-corrected chi connectivity index (χ4v) is 2.08. The van der Waals surface area contributed by atoms with E-state index in [1.165, 1.54) is 4.68 Å². The highest BCUT2D eigenvalue weighted by Crippen LogP contribution is 2.26. The van der Waals surface area contributed by atoms with Gasteiger partial charge >= 0.3 is 5.97 Å². The van der Waals surface area contributed by atoms with Crippen molar-refractivity contribution in [1.82, 2.24) is 9.78 Å². The fourth-order valence-electron chi connectivity index (χ4n) is 1.83. The Morgan fingerprint density at radius 2 is 2.17 bits per heavy atom. The summed E-state index contributed by atoms with van der Waals surface area (Å²) in [6, 6.07) is 6.03. The molecule has 0 unspecified atom stereocenters. The van der Waals surface area contributed by atoms with E-state index >= 15 is 0 Å². The van der Waals surface area contributed by atoms with Crippen LogP contribution in [-0.2, 0) is 11.3 Å². The Kier molecular flexibility index (Phi) is 3.52. The van der Waals surface area contributed by atoms with E-state index in [1.807, 2.05) is 26.0 Å². The van der Waals surface area contributed by atoms with Crippen LogP contribution in [0.2, 0.25) is 0 Å². The Hall–Kier alpha value is -1.62. The second-order valence-electron chi connectivity index (χ2n) is 4.18. The molecule has 0 bridgehead atoms. The Bertz CT molecular complexity index is 605. The van der Waals surface area contributed by atoms with Gasteiger partial charge in [0.05, 0.1) is 5.69 Å². The predicted molar refractivity (Wildman–Crippen MR) is 72.5 cm³/mol. The largest absolute Gasteiger partial charge is 0.480 e. The van der Waals surface area contributed by atoms with Gasteiger partial charge in [-0.3, -0.25) is 9.48 Å². The van der Waals surface area contributed by atoms with E-state index in [9.17, 15) is 4.79 Å². The highest BCUT2D eigenvalue weighted by Gasteiger charge is 2.10. The summed E-state index contributed by atoms with van der Waals surface area (Å²) in [5, 5.41) is 13.0. The first kappa shape index (κ1) is 12.8. The van der Waals surface area contributed by atoms with Crippen molar-refractivity contribution in [3.8, 4) is 11.1 Å². The first-order valence-corrected chi connectivity index (χ1v) is 6.29. The molecule has 1 aromatic carbocycles. The van der Waals surface area contributed by atoms with Gasteiger partial charge in [-0.05, 0) is 31.0 Å². The van der Waals surface area contributed by atoms with Crippen molar-refractivity contribution in [2.75, 3.05) is 0 Å². The van der Waals surface area contributed by atoms with Crippen LogP contribution in [0.5, 0.6) is 0 Å². The molecule has 0 saturated heterocycles. The minimum atomic E-state index is -0.893. The van der Waals surface area contributed by atoms with Crippen LogP contribution in [-0.4, -0.2) is 20.9 Å². The van der Waals surface area contributed by atoms with Crippen molar-refractivity contribution in [1.29, 1.82) is 0 Å². The molecule has 1 heterocycles. The quantitative estimate of drug-likeness (QED) is 0.948. The molecule has 0 saturated carbocycles. The summed E-state index contributed by atoms with van der Waals surface area (Å²) in [6.45, 7) is 3.78. The first-order valence-electron chi connectivity index (χ1n) is 5.50. The van der Waals surface area contributed by atoms with E-state index in [4.69, 9.17) is 5.11 Å². The molecule has 1 aromatic heterocycles. The van der Waals surface area contributed by atoms with Crippen molar-refractivity contribution in [3.63, 3.8) is 0 Å². The summed E-state index contributed by atoms with van der Waals surface area (Å²) in [5.41, 5.74) is 3.98. The molecule has 0 fully saturated rings. The lowest BCUT2D eigenvalue weighted by atomic mass is 10.0. The number of hydrogen-bond donors (Lipinski definition) is 1. The maximum absolute atomic E-state index is 10.7. The lowest BCUT2D eigenvalue weighted by molar-refractivity contribution is -0.137. The maximum atomic E-state index is 10.7. The molecule has 0 atom stereocenters. The van der Waals surface area contributed by atoms with E-state index in [0.717, 1.165) is 26.9 Å². The minimum Gasteiger partial charge on any atom is -0.480 e. The fraction of sp³-hybridized carbons (Fsp3) is 0.231. The number of nitrogens with zero attached hydrogens (tertiary/aromatic N) is 2. The average molecular weight is 309 g/mol. The summed E-state index contributed by atoms with van der Waals surface area (Å²) in [7, 11) is 0. The number of aromatic nitrogens is 2. The third-order valence-corrected chi connectivity index (χ3v) is 3.60. The van der Waals surface area contributed by atoms with Crippen LogP contribution in [0, 0.1) is 13.8 Å². The van der Waals surface area contributed by atoms with Gasteiger partial charge in [-0.15, -0.1) is 0 Å². The Balaban J connectivity index is 2.41. The van der Waals surface area contributed by atoms with Crippen LogP contribution in [0.25, 0.3) is 11.1 Å². The molecular formula is C13H13BrN2O2. The zero-order valence-electron chi connectivity index (χ0n) is 10.1. The van der Waals surface area contributed by atoms with Crippen molar-refractivity contribution in [3.05, 3.63) is 40.1 Å². The van der Waals surface area contributed by atoms with E-state index in [-0.39, 0.29) is 6.54 Å². The Morgan fingerprint density at radius 3 is 2.78 bits per heavy atom. The van der Waals surface area contributed by atoms with Gasteiger partial charge < -0.3 is 5.11 Å². The molecule has 4 nitrogen and oxygen atoms in total. The van der Waals surface area contributed by atoms with Crippen LogP contribution in [0.15, 0.2) is 28.9 Å². The third kappa shape index (κ3) is 2.61. The van der Waals surface area contributed by atoms with Crippen LogP contribution < -0.4 is 0 Å². The summed E-state index contributed by atoms with van der Waals surface area (Å²) >= 11 is 3.46. The van der Waals surface area contributed by atoms with Gasteiger partial charge in [-0.1, -0.05) is 28.1 Å². The van der Waals surface area contributed by atoms with Crippen molar-refractivity contribution in [2.45, 2.75) is 20.4 Å². The predicted octanol–water partition coefficient (Wildman–Crippen LogP) is 3.01. The smallest absolute Gasteiger partial charge is 0.325 e. The van der Waals surface area contributed by atoms with Crippen LogP contribution >= 0.6 is 15.9 Å². The molecule has 94 valence electrons. The van der Waals surface area contributed by atoms with Crippen LogP contribution in [0.3, 0.4) is 0 Å². The standard InChI is InChI=1S/C13H13BrN2O2/c1-8-5-10(3-4-12(8)14)11-6-16(7-13(17)18)15-9(11)2/h3-6H,7H2,1-2H3,(H,17,18). The highest BCUT2D eigenvalue weighted by molar-refractivity contribution is 9.10. The average Bonchev–Trinajstić information content (AvgIpc) is 2.62. The molecule has 0 aliphatic heterocycles. The van der Waals surface area contributed by atoms with E-state index in [1.54, 1.807) is 6.20 Å². The second kappa shape index (κ2) is 4.94. The van der Waals surface area contributed by atoms with Gasteiger partial charge in [0, 0.05) is 16.2 Å². The zero-order chi connectivity index (χ0) is 13.3. The van der Waals surface area contributed by atoms with Crippen LogP contribution in [0.4, 0.5) is 0 Å². The molecule has 0 radical (unpaired) electrons. The summed E-state index contributed by atoms with van der Waals surface area (Å²) in [5.74, 6) is -0.893. The van der Waals surface area contributed by atoms with Gasteiger partial charge in [0.1, 0.15) is 6.54 Å². The Morgan fingerprint density at radius 1 is 1.44 bits per heavy atom. The lowest BCUT2D eigenvalue weighted by Gasteiger charge is -2.02. The molecule has 0 amide bonds. The van der Waals surface area contributed by atoms with Gasteiger partial charge in [0.25, 0.3) is 0 Å². The topological polar surface area (TPSA) is 55.1 Å². The Labute approximate surface area is 113 Å². The number of carbonyl (C=O) groups is 1. The van der Waals surface area contributed by atoms with Gasteiger partial charge in [0.15, 0.2) is 0 Å². The maximum Gasteiger partial charge on any atom is 0.325 e. The van der Waals surface area contributed by atoms with Gasteiger partial charge in [-0.2, -0.15) is 5.10 Å². The van der Waals surface area contributed by atoms with Crippen molar-refractivity contribution >= 4 is 21.9 Å². The number of halogens is 1. The van der Waals surface area contributed by atoms with Crippen molar-refractivity contribution < 1.29 is 9.90 Å². The number of benzene rings is 1. The number of carboxylic acids is 1. The van der Waals surface area contributed by atoms with E-state index in [0.29, 0.717) is 0 Å². The molecular weight excluding hydrogens is 296 g/mol. The minimum absolute atomic E-state index is 0.115. The number of hydrogen-bond acceptors (Lipinski definition) is 2. The van der Waals surface area contributed by atoms with Gasteiger partial charge in [-0.25, -0.2) is 0 Å². The third-order valence-electron chi connectivity index (χ3n) is 2.71. The molecule has 5 heteroatoms. The van der Waals surface area contributed by atoms with Crippen LogP contribution in [0.1, 0.15) is 11.3 Å². The molecule has 2 aromatic rings. The molecule has 2 rings (SSSR count). The number of aliphatic carboxylic acids is 1. The number of carboxylic acid groups (broad SMARTS) is 1. The first-order chi connectivity index (χ1) is 8.47. The molecule has 0 spiro atoms. The molecule has 0 aliphatic rings. The second-order valence-corrected chi connectivity index (χ2v) is 5.04. The summed E-state index contributed by atoms with van der Waals surface area (Å²) in [6.07, 6.45) is 1.77. The monoisotopic (exact) mass is 308 g/mol. The highest BCUT2D eigenvalue weighted by atomic mass is 79.9. The van der Waals surface area contributed by atoms with E-state index in [2.05, 4.69) is 27.1 Å². The summed E-state index contributed by atoms with van der Waals surface area (Å²) in [4.78, 5) is 10.7. The number of aryl methyl sites for hydroxylation is 2. The number of rotatable bonds is 3. The molecule has 0 aliphatic carbocycles. The van der Waals surface area contributed by atoms with Crippen molar-refractivity contribution in [2.24, 2.45) is 0 Å². The zero-order valence-corrected chi connectivity index (χ0v) is 11.7. The lowest BCUT2D eigenvalue weighted by Crippen LogP contribution is -2.08. The molecule has 18 heavy (non-hydrogen) atoms. The normalized spacial score (nSPS) is 10.6. The van der Waals surface area contributed by atoms with Gasteiger partial charge in [0.2, 0.25) is 0 Å². The molecule has 1 N–H and O–H groups in total. The SMILES string of the molecule is Cc1cc(-c2cn(CC(=O)O)nc2C)ccc1Br. The van der Waals surface area contributed by atoms with E-state index < -0.39 is 5.97 Å².